The number of carboxylic acid groups (broad SMARTS) is 1. The van der Waals surface area contributed by atoms with Gasteiger partial charge in [0.2, 0.25) is 5.76 Å². The molecule has 0 atom stereocenters. The van der Waals surface area contributed by atoms with Gasteiger partial charge in [0, 0.05) is 18.7 Å². The summed E-state index contributed by atoms with van der Waals surface area (Å²) in [6, 6.07) is 6.31. The molecule has 7 heteroatoms. The lowest BCUT2D eigenvalue weighted by atomic mass is 10.1. The number of carbonyl (C=O) groups is 1. The van der Waals surface area contributed by atoms with E-state index in [1.54, 1.807) is 25.2 Å². The Morgan fingerprint density at radius 3 is 2.84 bits per heavy atom. The molecular formula is C12H8N2O5. The highest BCUT2D eigenvalue weighted by molar-refractivity contribution is 5.86. The third-order valence-corrected chi connectivity index (χ3v) is 2.81. The van der Waals surface area contributed by atoms with Gasteiger partial charge in [0.25, 0.3) is 0 Å². The monoisotopic (exact) mass is 260 g/mol. The van der Waals surface area contributed by atoms with Gasteiger partial charge in [-0.25, -0.2) is 9.59 Å². The van der Waals surface area contributed by atoms with Crippen molar-refractivity contribution in [2.45, 2.75) is 0 Å². The minimum Gasteiger partial charge on any atom is -0.475 e. The summed E-state index contributed by atoms with van der Waals surface area (Å²) in [4.78, 5) is 22.1. The largest absolute Gasteiger partial charge is 0.475 e. The van der Waals surface area contributed by atoms with E-state index < -0.39 is 11.7 Å². The summed E-state index contributed by atoms with van der Waals surface area (Å²) in [6.45, 7) is 0. The van der Waals surface area contributed by atoms with Gasteiger partial charge < -0.3 is 14.0 Å². The number of aromatic carboxylic acids is 1. The minimum atomic E-state index is -1.18. The number of hydrogen-bond acceptors (Lipinski definition) is 5. The van der Waals surface area contributed by atoms with Gasteiger partial charge in [-0.05, 0) is 18.2 Å². The van der Waals surface area contributed by atoms with Crippen LogP contribution in [-0.4, -0.2) is 20.8 Å². The lowest BCUT2D eigenvalue weighted by Crippen LogP contribution is -2.08. The smallest absolute Gasteiger partial charge is 0.419 e. The Hall–Kier alpha value is -2.83. The quantitative estimate of drug-likeness (QED) is 0.749. The molecule has 96 valence electrons. The molecule has 0 unspecified atom stereocenters. The molecule has 0 fully saturated rings. The van der Waals surface area contributed by atoms with E-state index in [4.69, 9.17) is 9.52 Å². The van der Waals surface area contributed by atoms with E-state index in [2.05, 4.69) is 9.68 Å². The fourth-order valence-electron chi connectivity index (χ4n) is 1.80. The summed E-state index contributed by atoms with van der Waals surface area (Å²) < 4.78 is 11.0. The maximum Gasteiger partial charge on any atom is 0.419 e. The van der Waals surface area contributed by atoms with Gasteiger partial charge in [-0.3, -0.25) is 4.57 Å². The Labute approximate surface area is 105 Å². The number of nitrogens with zero attached hydrogens (tertiary/aromatic N) is 2. The average Bonchev–Trinajstić information content (AvgIpc) is 2.96. The molecule has 1 aromatic carbocycles. The van der Waals surface area contributed by atoms with Gasteiger partial charge in [0.05, 0.1) is 5.52 Å². The number of aromatic nitrogens is 2. The van der Waals surface area contributed by atoms with Gasteiger partial charge in [0.1, 0.15) is 5.69 Å². The van der Waals surface area contributed by atoms with Crippen LogP contribution in [0.1, 0.15) is 10.6 Å². The molecule has 7 nitrogen and oxygen atoms in total. The number of fused-ring (bicyclic) bond motifs is 1. The first-order valence-corrected chi connectivity index (χ1v) is 5.36. The molecule has 0 aliphatic heterocycles. The Balaban J connectivity index is 2.16. The second kappa shape index (κ2) is 3.84. The highest BCUT2D eigenvalue weighted by Crippen LogP contribution is 2.23. The van der Waals surface area contributed by atoms with Crippen LogP contribution in [0.5, 0.6) is 0 Å². The normalized spacial score (nSPS) is 11.0. The van der Waals surface area contributed by atoms with E-state index in [0.29, 0.717) is 22.4 Å². The Morgan fingerprint density at radius 1 is 1.37 bits per heavy atom. The molecule has 0 aliphatic rings. The van der Waals surface area contributed by atoms with Crippen LogP contribution < -0.4 is 5.76 Å². The van der Waals surface area contributed by atoms with Crippen LogP contribution in [0.25, 0.3) is 22.4 Å². The van der Waals surface area contributed by atoms with Crippen molar-refractivity contribution in [1.29, 1.82) is 0 Å². The number of hydrogen-bond donors (Lipinski definition) is 1. The highest BCUT2D eigenvalue weighted by Gasteiger charge is 2.14. The highest BCUT2D eigenvalue weighted by atomic mass is 16.5. The molecule has 0 saturated heterocycles. The van der Waals surface area contributed by atoms with Gasteiger partial charge in [-0.1, -0.05) is 5.16 Å². The topological polar surface area (TPSA) is 98.5 Å². The van der Waals surface area contributed by atoms with Gasteiger partial charge in [-0.2, -0.15) is 0 Å². The standard InChI is InChI=1S/C12H8N2O5/c1-14-8-4-6(2-3-9(8)18-12(14)17)7-5-10(11(15)16)19-13-7/h2-5H,1H3,(H,15,16). The number of carboxylic acids is 1. The van der Waals surface area contributed by atoms with Crippen molar-refractivity contribution < 1.29 is 18.8 Å². The third-order valence-electron chi connectivity index (χ3n) is 2.81. The fraction of sp³-hybridized carbons (Fsp3) is 0.0833. The first-order chi connectivity index (χ1) is 9.06. The number of oxazole rings is 1. The number of benzene rings is 1. The van der Waals surface area contributed by atoms with E-state index in [0.717, 1.165) is 0 Å². The van der Waals surface area contributed by atoms with E-state index in [-0.39, 0.29) is 5.76 Å². The molecule has 0 radical (unpaired) electrons. The van der Waals surface area contributed by atoms with Gasteiger partial charge in [0.15, 0.2) is 5.58 Å². The number of aryl methyl sites for hydroxylation is 1. The predicted octanol–water partition coefficient (Wildman–Crippen LogP) is 1.48. The maximum atomic E-state index is 11.4. The van der Waals surface area contributed by atoms with E-state index in [1.165, 1.54) is 10.6 Å². The van der Waals surface area contributed by atoms with Crippen molar-refractivity contribution in [2.24, 2.45) is 7.05 Å². The van der Waals surface area contributed by atoms with Gasteiger partial charge in [-0.15, -0.1) is 0 Å². The second-order valence-electron chi connectivity index (χ2n) is 3.99. The van der Waals surface area contributed by atoms with Crippen LogP contribution in [0.15, 0.2) is 38.0 Å². The van der Waals surface area contributed by atoms with Crippen molar-refractivity contribution in [2.75, 3.05) is 0 Å². The zero-order valence-corrected chi connectivity index (χ0v) is 9.78. The van der Waals surface area contributed by atoms with Crippen LogP contribution in [-0.2, 0) is 7.05 Å². The molecule has 0 spiro atoms. The minimum absolute atomic E-state index is 0.240. The second-order valence-corrected chi connectivity index (χ2v) is 3.99. The Bertz CT molecular complexity index is 839. The van der Waals surface area contributed by atoms with Gasteiger partial charge >= 0.3 is 11.7 Å². The molecule has 1 N–H and O–H groups in total. The fourth-order valence-corrected chi connectivity index (χ4v) is 1.80. The van der Waals surface area contributed by atoms with Crippen LogP contribution >= 0.6 is 0 Å². The molecule has 3 rings (SSSR count). The molecular weight excluding hydrogens is 252 g/mol. The molecule has 19 heavy (non-hydrogen) atoms. The first kappa shape index (κ1) is 11.3. The van der Waals surface area contributed by atoms with E-state index in [1.807, 2.05) is 0 Å². The average molecular weight is 260 g/mol. The van der Waals surface area contributed by atoms with Crippen molar-refractivity contribution in [3.05, 3.63) is 40.6 Å². The summed E-state index contributed by atoms with van der Waals surface area (Å²) in [7, 11) is 1.59. The Morgan fingerprint density at radius 2 is 2.16 bits per heavy atom. The lowest BCUT2D eigenvalue weighted by Gasteiger charge is -1.96. The Kier molecular flexibility index (Phi) is 2.28. The van der Waals surface area contributed by atoms with Crippen LogP contribution in [0, 0.1) is 0 Å². The van der Waals surface area contributed by atoms with Crippen molar-refractivity contribution in [3.8, 4) is 11.3 Å². The summed E-state index contributed by atoms with van der Waals surface area (Å²) in [6.07, 6.45) is 0. The summed E-state index contributed by atoms with van der Waals surface area (Å²) in [5.74, 6) is -1.88. The SMILES string of the molecule is Cn1c(=O)oc2ccc(-c3cc(C(=O)O)on3)cc21. The molecule has 2 aromatic heterocycles. The van der Waals surface area contributed by atoms with Crippen LogP contribution in [0.4, 0.5) is 0 Å². The molecule has 0 bridgehead atoms. The number of rotatable bonds is 2. The van der Waals surface area contributed by atoms with Crippen molar-refractivity contribution >= 4 is 17.1 Å². The molecule has 2 heterocycles. The molecule has 3 aromatic rings. The molecule has 0 aliphatic carbocycles. The zero-order valence-electron chi connectivity index (χ0n) is 9.78. The molecule has 0 saturated carbocycles. The van der Waals surface area contributed by atoms with E-state index in [9.17, 15) is 9.59 Å². The maximum absolute atomic E-state index is 11.4. The third kappa shape index (κ3) is 1.71. The van der Waals surface area contributed by atoms with Crippen molar-refractivity contribution in [3.63, 3.8) is 0 Å². The van der Waals surface area contributed by atoms with Crippen LogP contribution in [0.2, 0.25) is 0 Å². The summed E-state index contributed by atoms with van der Waals surface area (Å²) in [5.41, 5.74) is 2.08. The summed E-state index contributed by atoms with van der Waals surface area (Å²) >= 11 is 0. The molecule has 0 amide bonds. The van der Waals surface area contributed by atoms with Crippen molar-refractivity contribution in [1.82, 2.24) is 9.72 Å². The lowest BCUT2D eigenvalue weighted by molar-refractivity contribution is 0.0652. The summed E-state index contributed by atoms with van der Waals surface area (Å²) in [5, 5.41) is 12.4. The van der Waals surface area contributed by atoms with E-state index >= 15 is 0 Å². The van der Waals surface area contributed by atoms with Crippen LogP contribution in [0.3, 0.4) is 0 Å². The predicted molar refractivity (Wildman–Crippen MR) is 63.9 cm³/mol. The first-order valence-electron chi connectivity index (χ1n) is 5.36. The zero-order chi connectivity index (χ0) is 13.6.